The Balaban J connectivity index is 1.86. The molecule has 6 nitrogen and oxygen atoms in total. The van der Waals surface area contributed by atoms with E-state index in [1.807, 2.05) is 31.2 Å². The number of benzene rings is 2. The molecule has 0 aromatic heterocycles. The highest BCUT2D eigenvalue weighted by Gasteiger charge is 2.06. The Morgan fingerprint density at radius 3 is 2.19 bits per heavy atom. The van der Waals surface area contributed by atoms with Gasteiger partial charge in [0, 0.05) is 23.5 Å². The molecule has 0 aliphatic rings. The second-order valence-corrected chi connectivity index (χ2v) is 4.57. The van der Waals surface area contributed by atoms with Crippen molar-refractivity contribution in [2.24, 2.45) is 0 Å². The van der Waals surface area contributed by atoms with Crippen molar-refractivity contribution < 1.29 is 9.72 Å². The first-order valence-electron chi connectivity index (χ1n) is 6.39. The molecule has 0 saturated carbocycles. The molecule has 0 unspecified atom stereocenters. The third kappa shape index (κ3) is 4.31. The summed E-state index contributed by atoms with van der Waals surface area (Å²) >= 11 is 0. The highest BCUT2D eigenvalue weighted by Crippen LogP contribution is 2.15. The van der Waals surface area contributed by atoms with Crippen molar-refractivity contribution in [3.05, 3.63) is 64.2 Å². The predicted octanol–water partition coefficient (Wildman–Crippen LogP) is 2.95. The number of anilines is 2. The molecule has 0 aliphatic carbocycles. The van der Waals surface area contributed by atoms with E-state index in [0.29, 0.717) is 5.69 Å². The monoisotopic (exact) mass is 285 g/mol. The second-order valence-electron chi connectivity index (χ2n) is 4.57. The molecule has 0 heterocycles. The van der Waals surface area contributed by atoms with E-state index in [1.165, 1.54) is 24.3 Å². The summed E-state index contributed by atoms with van der Waals surface area (Å²) in [4.78, 5) is 21.8. The number of carbonyl (C=O) groups is 1. The van der Waals surface area contributed by atoms with Crippen LogP contribution in [0, 0.1) is 17.0 Å². The largest absolute Gasteiger partial charge is 0.376 e. The third-order valence-corrected chi connectivity index (χ3v) is 2.87. The molecule has 0 atom stereocenters. The van der Waals surface area contributed by atoms with Crippen molar-refractivity contribution in [3.8, 4) is 0 Å². The Bertz CT molecular complexity index is 636. The Morgan fingerprint density at radius 2 is 1.62 bits per heavy atom. The van der Waals surface area contributed by atoms with Crippen LogP contribution in [0.15, 0.2) is 48.5 Å². The first kappa shape index (κ1) is 14.5. The molecule has 2 aromatic rings. The number of non-ortho nitro benzene ring substituents is 1. The molecular formula is C15H15N3O3. The molecule has 6 heteroatoms. The van der Waals surface area contributed by atoms with Crippen LogP contribution in [0.3, 0.4) is 0 Å². The SMILES string of the molecule is Cc1ccc(NCC(=O)Nc2ccc([N+](=O)[O-])cc2)cc1. The van der Waals surface area contributed by atoms with Crippen molar-refractivity contribution >= 4 is 23.0 Å². The second kappa shape index (κ2) is 6.51. The van der Waals surface area contributed by atoms with Gasteiger partial charge in [-0.05, 0) is 31.2 Å². The summed E-state index contributed by atoms with van der Waals surface area (Å²) in [6, 6.07) is 13.4. The van der Waals surface area contributed by atoms with Crippen LogP contribution in [0.1, 0.15) is 5.56 Å². The topological polar surface area (TPSA) is 84.3 Å². The number of hydrogen-bond donors (Lipinski definition) is 2. The van der Waals surface area contributed by atoms with Crippen molar-refractivity contribution in [2.45, 2.75) is 6.92 Å². The zero-order chi connectivity index (χ0) is 15.2. The zero-order valence-electron chi connectivity index (χ0n) is 11.5. The summed E-state index contributed by atoms with van der Waals surface area (Å²) in [6.45, 7) is 2.12. The lowest BCUT2D eigenvalue weighted by atomic mass is 10.2. The molecule has 0 aliphatic heterocycles. The van der Waals surface area contributed by atoms with Crippen LogP contribution in [0.25, 0.3) is 0 Å². The minimum Gasteiger partial charge on any atom is -0.376 e. The van der Waals surface area contributed by atoms with Gasteiger partial charge in [0.05, 0.1) is 11.5 Å². The number of nitrogens with one attached hydrogen (secondary N) is 2. The van der Waals surface area contributed by atoms with Gasteiger partial charge in [0.15, 0.2) is 0 Å². The Hall–Kier alpha value is -2.89. The minimum atomic E-state index is -0.482. The molecule has 2 N–H and O–H groups in total. The Labute approximate surface area is 121 Å². The van der Waals surface area contributed by atoms with E-state index in [1.54, 1.807) is 0 Å². The van der Waals surface area contributed by atoms with Gasteiger partial charge < -0.3 is 10.6 Å². The van der Waals surface area contributed by atoms with Gasteiger partial charge in [-0.15, -0.1) is 0 Å². The summed E-state index contributed by atoms with van der Waals surface area (Å²) in [6.07, 6.45) is 0. The maximum absolute atomic E-state index is 11.8. The lowest BCUT2D eigenvalue weighted by Gasteiger charge is -2.08. The number of aryl methyl sites for hydroxylation is 1. The maximum Gasteiger partial charge on any atom is 0.269 e. The highest BCUT2D eigenvalue weighted by molar-refractivity contribution is 5.93. The number of hydrogen-bond acceptors (Lipinski definition) is 4. The molecular weight excluding hydrogens is 270 g/mol. The number of carbonyl (C=O) groups excluding carboxylic acids is 1. The zero-order valence-corrected chi connectivity index (χ0v) is 11.5. The van der Waals surface area contributed by atoms with Gasteiger partial charge in [-0.2, -0.15) is 0 Å². The summed E-state index contributed by atoms with van der Waals surface area (Å²) in [5.74, 6) is -0.218. The Kier molecular flexibility index (Phi) is 4.50. The molecule has 2 aromatic carbocycles. The van der Waals surface area contributed by atoms with E-state index in [0.717, 1.165) is 11.3 Å². The smallest absolute Gasteiger partial charge is 0.269 e. The molecule has 0 spiro atoms. The van der Waals surface area contributed by atoms with Gasteiger partial charge in [0.1, 0.15) is 0 Å². The van der Waals surface area contributed by atoms with E-state index >= 15 is 0 Å². The molecule has 0 bridgehead atoms. The number of nitrogens with zero attached hydrogens (tertiary/aromatic N) is 1. The molecule has 0 saturated heterocycles. The summed E-state index contributed by atoms with van der Waals surface area (Å²) < 4.78 is 0. The van der Waals surface area contributed by atoms with Crippen LogP contribution in [0.4, 0.5) is 17.1 Å². The van der Waals surface area contributed by atoms with Crippen LogP contribution in [-0.4, -0.2) is 17.4 Å². The summed E-state index contributed by atoms with van der Waals surface area (Å²) in [5.41, 5.74) is 2.53. The van der Waals surface area contributed by atoms with Gasteiger partial charge in [-0.25, -0.2) is 0 Å². The molecule has 108 valence electrons. The number of rotatable bonds is 5. The van der Waals surface area contributed by atoms with E-state index in [4.69, 9.17) is 0 Å². The van der Waals surface area contributed by atoms with Crippen molar-refractivity contribution in [2.75, 3.05) is 17.2 Å². The van der Waals surface area contributed by atoms with Gasteiger partial charge in [0.2, 0.25) is 5.91 Å². The normalized spacial score (nSPS) is 9.95. The van der Waals surface area contributed by atoms with Crippen LogP contribution in [-0.2, 0) is 4.79 Å². The van der Waals surface area contributed by atoms with Crippen LogP contribution in [0.5, 0.6) is 0 Å². The molecule has 21 heavy (non-hydrogen) atoms. The molecule has 0 radical (unpaired) electrons. The molecule has 0 fully saturated rings. The maximum atomic E-state index is 11.8. The van der Waals surface area contributed by atoms with Gasteiger partial charge in [-0.1, -0.05) is 17.7 Å². The van der Waals surface area contributed by atoms with E-state index < -0.39 is 4.92 Å². The van der Waals surface area contributed by atoms with Crippen molar-refractivity contribution in [1.29, 1.82) is 0 Å². The molecule has 2 rings (SSSR count). The first-order chi connectivity index (χ1) is 10.0. The van der Waals surface area contributed by atoms with Gasteiger partial charge in [-0.3, -0.25) is 14.9 Å². The van der Waals surface area contributed by atoms with E-state index in [2.05, 4.69) is 10.6 Å². The predicted molar refractivity (Wildman–Crippen MR) is 81.4 cm³/mol. The number of nitro groups is 1. The average Bonchev–Trinajstić information content (AvgIpc) is 2.47. The van der Waals surface area contributed by atoms with Crippen LogP contribution >= 0.6 is 0 Å². The van der Waals surface area contributed by atoms with Crippen molar-refractivity contribution in [1.82, 2.24) is 0 Å². The number of nitro benzene ring substituents is 1. The molecule has 1 amide bonds. The third-order valence-electron chi connectivity index (χ3n) is 2.87. The average molecular weight is 285 g/mol. The quantitative estimate of drug-likeness (QED) is 0.653. The highest BCUT2D eigenvalue weighted by atomic mass is 16.6. The number of amides is 1. The Morgan fingerprint density at radius 1 is 1.05 bits per heavy atom. The van der Waals surface area contributed by atoms with Crippen LogP contribution < -0.4 is 10.6 Å². The lowest BCUT2D eigenvalue weighted by Crippen LogP contribution is -2.21. The summed E-state index contributed by atoms with van der Waals surface area (Å²) in [5, 5.41) is 16.2. The van der Waals surface area contributed by atoms with E-state index in [9.17, 15) is 14.9 Å². The fraction of sp³-hybridized carbons (Fsp3) is 0.133. The summed E-state index contributed by atoms with van der Waals surface area (Å²) in [7, 11) is 0. The lowest BCUT2D eigenvalue weighted by molar-refractivity contribution is -0.384. The van der Waals surface area contributed by atoms with Gasteiger partial charge >= 0.3 is 0 Å². The standard InChI is InChI=1S/C15H15N3O3/c1-11-2-4-12(5-3-11)16-10-15(19)17-13-6-8-14(9-7-13)18(20)21/h2-9,16H,10H2,1H3,(H,17,19). The fourth-order valence-electron chi connectivity index (χ4n) is 1.73. The minimum absolute atomic E-state index is 0.00854. The fourth-order valence-corrected chi connectivity index (χ4v) is 1.73. The first-order valence-corrected chi connectivity index (χ1v) is 6.39. The van der Waals surface area contributed by atoms with E-state index in [-0.39, 0.29) is 18.1 Å². The van der Waals surface area contributed by atoms with Crippen LogP contribution in [0.2, 0.25) is 0 Å². The van der Waals surface area contributed by atoms with Gasteiger partial charge in [0.25, 0.3) is 5.69 Å². The van der Waals surface area contributed by atoms with Crippen molar-refractivity contribution in [3.63, 3.8) is 0 Å².